The summed E-state index contributed by atoms with van der Waals surface area (Å²) in [6.45, 7) is 7.34. The van der Waals surface area contributed by atoms with E-state index in [1.165, 1.54) is 0 Å². The molecule has 0 unspecified atom stereocenters. The highest BCUT2D eigenvalue weighted by Gasteiger charge is 2.35. The highest BCUT2D eigenvalue weighted by atomic mass is 28.3. The molecule has 1 amide bonds. The van der Waals surface area contributed by atoms with Gasteiger partial charge < -0.3 is 9.84 Å². The van der Waals surface area contributed by atoms with Crippen LogP contribution in [0.2, 0.25) is 19.6 Å². The molecule has 0 saturated carbocycles. The van der Waals surface area contributed by atoms with Crippen molar-refractivity contribution in [3.8, 4) is 0 Å². The number of hydrogen-bond acceptors (Lipinski definition) is 3. The maximum Gasteiger partial charge on any atom is 0.410 e. The molecule has 1 aromatic rings. The first-order chi connectivity index (χ1) is 9.39. The summed E-state index contributed by atoms with van der Waals surface area (Å²) < 4.78 is 5.17. The van der Waals surface area contributed by atoms with Crippen LogP contribution in [-0.2, 0) is 4.74 Å². The predicted molar refractivity (Wildman–Crippen MR) is 81.2 cm³/mol. The molecule has 4 nitrogen and oxygen atoms in total. The lowest BCUT2D eigenvalue weighted by atomic mass is 10.1. The van der Waals surface area contributed by atoms with Crippen molar-refractivity contribution in [2.24, 2.45) is 0 Å². The number of benzene rings is 1. The van der Waals surface area contributed by atoms with Crippen LogP contribution >= 0.6 is 0 Å². The third-order valence-electron chi connectivity index (χ3n) is 3.80. The van der Waals surface area contributed by atoms with Gasteiger partial charge in [0.05, 0.1) is 14.1 Å². The number of rotatable bonds is 5. The zero-order valence-electron chi connectivity index (χ0n) is 12.4. The predicted octanol–water partition coefficient (Wildman–Crippen LogP) is 2.81. The minimum absolute atomic E-state index is 0.0301. The van der Waals surface area contributed by atoms with E-state index in [1.54, 1.807) is 4.90 Å². The third kappa shape index (κ3) is 3.40. The molecule has 1 aliphatic heterocycles. The van der Waals surface area contributed by atoms with E-state index in [0.29, 0.717) is 19.6 Å². The van der Waals surface area contributed by atoms with Crippen LogP contribution in [0.5, 0.6) is 0 Å². The second-order valence-electron chi connectivity index (χ2n) is 6.37. The van der Waals surface area contributed by atoms with Gasteiger partial charge in [-0.3, -0.25) is 4.90 Å². The highest BCUT2D eigenvalue weighted by Crippen LogP contribution is 2.28. The van der Waals surface area contributed by atoms with Gasteiger partial charge in [0.1, 0.15) is 6.61 Å². The van der Waals surface area contributed by atoms with Crippen LogP contribution in [0.4, 0.5) is 4.79 Å². The summed E-state index contributed by atoms with van der Waals surface area (Å²) in [6.07, 6.45) is 0.343. The maximum atomic E-state index is 11.9. The number of carbonyl (C=O) groups excluding carboxylic acids is 1. The number of carbonyl (C=O) groups is 1. The van der Waals surface area contributed by atoms with Crippen molar-refractivity contribution >= 4 is 14.2 Å². The number of nitrogens with zero attached hydrogens (tertiary/aromatic N) is 1. The summed E-state index contributed by atoms with van der Waals surface area (Å²) in [7, 11) is -1.58. The molecule has 1 fully saturated rings. The van der Waals surface area contributed by atoms with E-state index in [4.69, 9.17) is 4.74 Å². The average molecular weight is 293 g/mol. The Bertz CT molecular complexity index is 458. The molecular formula is C15H23NO3Si. The van der Waals surface area contributed by atoms with Crippen molar-refractivity contribution in [2.45, 2.75) is 37.8 Å². The molecule has 0 spiro atoms. The van der Waals surface area contributed by atoms with Crippen LogP contribution in [0.25, 0.3) is 0 Å². The first kappa shape index (κ1) is 15.1. The van der Waals surface area contributed by atoms with Gasteiger partial charge in [-0.2, -0.15) is 0 Å². The SMILES string of the molecule is C[Si](C)(C)[C@H](O)CCN1C(=O)OC[C@@H]1c1ccccc1. The molecule has 0 aliphatic carbocycles. The van der Waals surface area contributed by atoms with Crippen LogP contribution in [0.1, 0.15) is 18.0 Å². The molecule has 1 aromatic carbocycles. The lowest BCUT2D eigenvalue weighted by molar-refractivity contribution is 0.151. The van der Waals surface area contributed by atoms with Gasteiger partial charge in [0.25, 0.3) is 0 Å². The Hall–Kier alpha value is -1.33. The van der Waals surface area contributed by atoms with E-state index < -0.39 is 8.07 Å². The smallest absolute Gasteiger partial charge is 0.410 e. The van der Waals surface area contributed by atoms with Crippen molar-refractivity contribution in [1.82, 2.24) is 4.90 Å². The van der Waals surface area contributed by atoms with E-state index in [1.807, 2.05) is 30.3 Å². The first-order valence-corrected chi connectivity index (χ1v) is 10.6. The normalized spacial score (nSPS) is 20.9. The summed E-state index contributed by atoms with van der Waals surface area (Å²) >= 11 is 0. The number of aliphatic hydroxyl groups excluding tert-OH is 1. The fraction of sp³-hybridized carbons (Fsp3) is 0.533. The second kappa shape index (κ2) is 5.97. The summed E-state index contributed by atoms with van der Waals surface area (Å²) in [4.78, 5) is 13.6. The van der Waals surface area contributed by atoms with E-state index in [2.05, 4.69) is 19.6 Å². The standard InChI is InChI=1S/C15H23NO3Si/c1-20(2,3)14(17)9-10-16-13(11-19-15(16)18)12-7-5-4-6-8-12/h4-8,13-14,17H,9-11H2,1-3H3/t13-,14+/m1/s1. The summed E-state index contributed by atoms with van der Waals surface area (Å²) in [5.74, 6) is 0. The first-order valence-electron chi connectivity index (χ1n) is 7.06. The number of amides is 1. The molecule has 2 rings (SSSR count). The molecule has 20 heavy (non-hydrogen) atoms. The fourth-order valence-corrected chi connectivity index (χ4v) is 3.34. The van der Waals surface area contributed by atoms with Gasteiger partial charge in [-0.05, 0) is 12.0 Å². The van der Waals surface area contributed by atoms with E-state index in [-0.39, 0.29) is 17.9 Å². The zero-order valence-corrected chi connectivity index (χ0v) is 13.4. The van der Waals surface area contributed by atoms with Crippen molar-refractivity contribution in [1.29, 1.82) is 0 Å². The third-order valence-corrected chi connectivity index (χ3v) is 6.09. The Balaban J connectivity index is 2.03. The van der Waals surface area contributed by atoms with Crippen molar-refractivity contribution < 1.29 is 14.6 Å². The molecule has 0 bridgehead atoms. The lowest BCUT2D eigenvalue weighted by Gasteiger charge is -2.27. The van der Waals surface area contributed by atoms with Gasteiger partial charge in [-0.25, -0.2) is 4.79 Å². The topological polar surface area (TPSA) is 49.8 Å². The van der Waals surface area contributed by atoms with E-state index >= 15 is 0 Å². The zero-order chi connectivity index (χ0) is 14.8. The van der Waals surface area contributed by atoms with Crippen LogP contribution < -0.4 is 0 Å². The van der Waals surface area contributed by atoms with Gasteiger partial charge in [0.2, 0.25) is 0 Å². The van der Waals surface area contributed by atoms with Crippen LogP contribution in [-0.4, -0.2) is 43.1 Å². The Morgan fingerprint density at radius 1 is 1.35 bits per heavy atom. The Kier molecular flexibility index (Phi) is 4.50. The molecule has 0 aromatic heterocycles. The van der Waals surface area contributed by atoms with Crippen LogP contribution in [0.3, 0.4) is 0 Å². The Labute approximate surface area is 121 Å². The number of hydrogen-bond donors (Lipinski definition) is 1. The fourth-order valence-electron chi connectivity index (χ4n) is 2.34. The lowest BCUT2D eigenvalue weighted by Crippen LogP contribution is -2.41. The maximum absolute atomic E-state index is 11.9. The van der Waals surface area contributed by atoms with Gasteiger partial charge in [0.15, 0.2) is 0 Å². The molecule has 110 valence electrons. The second-order valence-corrected chi connectivity index (χ2v) is 11.8. The number of ether oxygens (including phenoxy) is 1. The Morgan fingerprint density at radius 2 is 2.00 bits per heavy atom. The molecule has 5 heteroatoms. The van der Waals surface area contributed by atoms with Crippen LogP contribution in [0.15, 0.2) is 30.3 Å². The van der Waals surface area contributed by atoms with Crippen molar-refractivity contribution in [2.75, 3.05) is 13.2 Å². The van der Waals surface area contributed by atoms with Gasteiger partial charge >= 0.3 is 6.09 Å². The van der Waals surface area contributed by atoms with Gasteiger partial charge in [0, 0.05) is 12.3 Å². The molecule has 2 atom stereocenters. The molecule has 1 aliphatic rings. The Morgan fingerprint density at radius 3 is 2.60 bits per heavy atom. The molecule has 1 N–H and O–H groups in total. The monoisotopic (exact) mass is 293 g/mol. The quantitative estimate of drug-likeness (QED) is 0.849. The number of cyclic esters (lactones) is 1. The van der Waals surface area contributed by atoms with Crippen molar-refractivity contribution in [3.63, 3.8) is 0 Å². The molecule has 1 saturated heterocycles. The largest absolute Gasteiger partial charge is 0.447 e. The van der Waals surface area contributed by atoms with E-state index in [0.717, 1.165) is 5.56 Å². The molecule has 1 heterocycles. The average Bonchev–Trinajstić information content (AvgIpc) is 2.77. The van der Waals surface area contributed by atoms with Crippen molar-refractivity contribution in [3.05, 3.63) is 35.9 Å². The number of aliphatic hydroxyl groups is 1. The molecular weight excluding hydrogens is 270 g/mol. The summed E-state index contributed by atoms with van der Waals surface area (Å²) in [5, 5.41) is 10.2. The molecule has 0 radical (unpaired) electrons. The van der Waals surface area contributed by atoms with Crippen LogP contribution in [0, 0.1) is 0 Å². The summed E-state index contributed by atoms with van der Waals surface area (Å²) in [5.41, 5.74) is 0.785. The minimum atomic E-state index is -1.58. The van der Waals surface area contributed by atoms with Gasteiger partial charge in [-0.15, -0.1) is 0 Å². The summed E-state index contributed by atoms with van der Waals surface area (Å²) in [6, 6.07) is 9.88. The minimum Gasteiger partial charge on any atom is -0.447 e. The van der Waals surface area contributed by atoms with E-state index in [9.17, 15) is 9.90 Å². The highest BCUT2D eigenvalue weighted by molar-refractivity contribution is 6.77. The van der Waals surface area contributed by atoms with Gasteiger partial charge in [-0.1, -0.05) is 50.0 Å².